The number of thiophene rings is 1. The number of aliphatic hydroxyl groups is 2. The predicted octanol–water partition coefficient (Wildman–Crippen LogP) is 5.40. The van der Waals surface area contributed by atoms with E-state index in [1.807, 2.05) is 47.9 Å². The van der Waals surface area contributed by atoms with Gasteiger partial charge in [-0.2, -0.15) is 0 Å². The van der Waals surface area contributed by atoms with E-state index in [4.69, 9.17) is 9.47 Å². The van der Waals surface area contributed by atoms with Crippen molar-refractivity contribution in [1.82, 2.24) is 39.9 Å². The van der Waals surface area contributed by atoms with E-state index in [9.17, 15) is 33.2 Å². The summed E-state index contributed by atoms with van der Waals surface area (Å²) in [6.07, 6.45) is 11.8. The van der Waals surface area contributed by atoms with Crippen LogP contribution in [0.2, 0.25) is 0 Å². The van der Waals surface area contributed by atoms with Crippen LogP contribution in [0.15, 0.2) is 95.5 Å². The lowest BCUT2D eigenvalue weighted by Crippen LogP contribution is -2.42. The summed E-state index contributed by atoms with van der Waals surface area (Å²) >= 11 is 1.41. The maximum atomic E-state index is 14.0. The molecule has 0 spiro atoms. The summed E-state index contributed by atoms with van der Waals surface area (Å²) in [6.45, 7) is 3.63. The van der Waals surface area contributed by atoms with E-state index in [1.165, 1.54) is 28.6 Å². The van der Waals surface area contributed by atoms with Crippen molar-refractivity contribution in [1.29, 1.82) is 0 Å². The molecule has 67 heavy (non-hydrogen) atoms. The molecule has 1 saturated heterocycles. The van der Waals surface area contributed by atoms with Crippen molar-refractivity contribution >= 4 is 71.3 Å². The van der Waals surface area contributed by atoms with Crippen molar-refractivity contribution in [3.63, 3.8) is 0 Å². The summed E-state index contributed by atoms with van der Waals surface area (Å²) in [5.74, 6) is 0.294. The Hall–Kier alpha value is -6.55. The topological polar surface area (TPSA) is 219 Å². The van der Waals surface area contributed by atoms with Gasteiger partial charge in [0.2, 0.25) is 5.91 Å². The number of unbranched alkanes of at least 4 members (excludes halogenated alkanes) is 4. The molecule has 2 aliphatic rings. The first-order valence-electron chi connectivity index (χ1n) is 22.3. The van der Waals surface area contributed by atoms with Crippen LogP contribution < -0.4 is 26.0 Å². The number of hydrogen-bond donors (Lipinski definition) is 6. The lowest BCUT2D eigenvalue weighted by Gasteiger charge is -2.16. The summed E-state index contributed by atoms with van der Waals surface area (Å²) in [5.41, 5.74) is 3.82. The number of rotatable bonds is 24. The fourth-order valence-corrected chi connectivity index (χ4v) is 8.26. The number of fused-ring (bicyclic) bond motifs is 1. The van der Waals surface area contributed by atoms with Gasteiger partial charge in [-0.3, -0.25) is 27.6 Å². The number of imidazole rings is 1. The van der Waals surface area contributed by atoms with Gasteiger partial charge in [0.25, 0.3) is 11.8 Å². The second-order valence-electron chi connectivity index (χ2n) is 15.8. The summed E-state index contributed by atoms with van der Waals surface area (Å²) in [4.78, 5) is 55.3. The highest BCUT2D eigenvalue weighted by molar-refractivity contribution is 7.13. The number of likely N-dealkylation sites (N-methyl/N-ethyl adjacent to an activating group) is 1. The van der Waals surface area contributed by atoms with Gasteiger partial charge >= 0.3 is 7.40 Å². The molecule has 5 aromatic rings. The van der Waals surface area contributed by atoms with Gasteiger partial charge in [0.15, 0.2) is 35.9 Å². The minimum Gasteiger partial charge on any atom is -0.484 e. The number of benzene rings is 1. The predicted molar refractivity (Wildman–Crippen MR) is 253 cm³/mol. The Kier molecular flexibility index (Phi) is 17.2. The largest absolute Gasteiger partial charge is 0.678 e. The van der Waals surface area contributed by atoms with Gasteiger partial charge < -0.3 is 45.4 Å². The maximum absolute atomic E-state index is 14.0. The van der Waals surface area contributed by atoms with Crippen LogP contribution in [0.3, 0.4) is 0 Å². The monoisotopic (exact) mass is 938 g/mol. The Labute approximate surface area is 390 Å². The zero-order valence-electron chi connectivity index (χ0n) is 36.9. The lowest BCUT2D eigenvalue weighted by atomic mass is 10.1. The minimum absolute atomic E-state index is 0.00668. The molecule has 352 valence electrons. The fourth-order valence-electron chi connectivity index (χ4n) is 7.51. The van der Waals surface area contributed by atoms with Crippen molar-refractivity contribution in [2.75, 3.05) is 38.1 Å². The van der Waals surface area contributed by atoms with Crippen LogP contribution in [0, 0.1) is 0 Å². The summed E-state index contributed by atoms with van der Waals surface area (Å²) < 4.78 is 41.8. The molecule has 4 aromatic heterocycles. The van der Waals surface area contributed by atoms with E-state index in [0.717, 1.165) is 47.0 Å². The van der Waals surface area contributed by atoms with E-state index in [-0.39, 0.29) is 18.4 Å². The van der Waals surface area contributed by atoms with Crippen LogP contribution in [0.4, 0.5) is 14.4 Å². The molecule has 6 N–H and O–H groups in total. The highest BCUT2D eigenvalue weighted by atomic mass is 32.1. The number of nitrogens with zero attached hydrogens (tertiary/aromatic N) is 6. The van der Waals surface area contributed by atoms with Crippen molar-refractivity contribution in [2.45, 2.75) is 76.4 Å². The van der Waals surface area contributed by atoms with Crippen molar-refractivity contribution in [3.05, 3.63) is 102 Å². The van der Waals surface area contributed by atoms with Gasteiger partial charge in [-0.25, -0.2) is 19.9 Å². The van der Waals surface area contributed by atoms with Gasteiger partial charge in [0.1, 0.15) is 24.3 Å². The molecule has 0 saturated carbocycles. The first kappa shape index (κ1) is 48.4. The highest BCUT2D eigenvalue weighted by Crippen LogP contribution is 2.33. The number of carbonyl (C=O) groups excluding carboxylic acids is 3. The van der Waals surface area contributed by atoms with E-state index < -0.39 is 37.8 Å². The molecule has 7 rings (SSSR count). The van der Waals surface area contributed by atoms with Gasteiger partial charge in [0.05, 0.1) is 23.4 Å². The Balaban J connectivity index is 0.711. The molecule has 21 heteroatoms. The minimum atomic E-state index is -2.69. The number of aliphatic hydroxyl groups excluding tert-OH is 2. The molecule has 2 aliphatic heterocycles. The fraction of sp³-hybridized carbons (Fsp3) is 0.370. The molecule has 0 radical (unpaired) electrons. The molecule has 3 amide bonds. The second kappa shape index (κ2) is 23.8. The molecule has 0 aliphatic carbocycles. The van der Waals surface area contributed by atoms with Crippen molar-refractivity contribution in [2.24, 2.45) is 4.99 Å². The quantitative estimate of drug-likeness (QED) is 0.0340. The van der Waals surface area contributed by atoms with Crippen LogP contribution in [0.25, 0.3) is 33.9 Å². The molecule has 1 fully saturated rings. The number of nitrogens with one attached hydrogen (secondary N) is 4. The second-order valence-corrected chi connectivity index (χ2v) is 16.7. The van der Waals surface area contributed by atoms with Crippen molar-refractivity contribution < 1.29 is 42.7 Å². The molecule has 17 nitrogen and oxygen atoms in total. The number of amides is 3. The van der Waals surface area contributed by atoms with E-state index in [0.29, 0.717) is 84.5 Å². The maximum Gasteiger partial charge on any atom is 0.678 e. The summed E-state index contributed by atoms with van der Waals surface area (Å²) in [6, 6.07) is 14.3. The molecule has 1 aromatic carbocycles. The van der Waals surface area contributed by atoms with E-state index >= 15 is 0 Å². The third-order valence-electron chi connectivity index (χ3n) is 10.9. The van der Waals surface area contributed by atoms with Crippen LogP contribution in [-0.4, -0.2) is 116 Å². The van der Waals surface area contributed by atoms with E-state index in [2.05, 4.69) is 41.2 Å². The Morgan fingerprint density at radius 3 is 2.42 bits per heavy atom. The average Bonchev–Trinajstić information content (AvgIpc) is 4.19. The smallest absolute Gasteiger partial charge is 0.484 e. The van der Waals surface area contributed by atoms with Gasteiger partial charge in [-0.15, -0.1) is 11.3 Å². The van der Waals surface area contributed by atoms with Crippen molar-refractivity contribution in [3.8, 4) is 16.3 Å². The van der Waals surface area contributed by atoms with Crippen LogP contribution >= 0.6 is 11.3 Å². The normalized spacial score (nSPS) is 18.5. The summed E-state index contributed by atoms with van der Waals surface area (Å²) in [7, 11) is -2.69. The average molecular weight is 939 g/mol. The molecule has 0 bridgehead atoms. The number of aromatic nitrogens is 5. The first-order chi connectivity index (χ1) is 32.6. The Morgan fingerprint density at radius 2 is 1.66 bits per heavy atom. The van der Waals surface area contributed by atoms with Gasteiger partial charge in [-0.1, -0.05) is 30.7 Å². The van der Waals surface area contributed by atoms with Gasteiger partial charge in [-0.05, 0) is 105 Å². The number of carbonyl (C=O) groups is 3. The number of allylic oxidation sites excluding steroid dienone is 3. The molecule has 4 atom stereocenters. The molecular weight excluding hydrogens is 885 g/mol. The molecule has 6 heterocycles. The zero-order chi connectivity index (χ0) is 47.1. The first-order valence-corrected chi connectivity index (χ1v) is 23.1. The van der Waals surface area contributed by atoms with Gasteiger partial charge in [0, 0.05) is 43.2 Å². The Bertz CT molecular complexity index is 2580. The number of hydrogen-bond acceptors (Lipinski definition) is 13. The third-order valence-corrected chi connectivity index (χ3v) is 11.8. The SMILES string of the molecule is CCNC(=O)[C@H]1O[C@@H](n2cnc3c(NCCCCCNC(=O)CCCCCNC(=O)COc4ccc(/C=C/C5=NC(=C\c6ccc(-c7cccs7)n6B(F)F)/C=C5)cc4)ncnc32)[C@H](O)[C@@H]1O. The number of anilines is 1. The van der Waals surface area contributed by atoms with Crippen LogP contribution in [-0.2, 0) is 19.1 Å². The summed E-state index contributed by atoms with van der Waals surface area (Å²) in [5, 5.41) is 34.6. The number of aliphatic imine (C=N–C) groups is 1. The standard InChI is InChI=1S/C46H53BF2N10O7S/c1-2-50-45(64)42-40(62)41(63)46(66-42)58-29-56-39-43(54-28-55-44(39)58)53-24-8-4-7-22-51-37(60)11-5-3-6-23-52-38(61)27-65-34-19-13-30(14-20-34)12-15-31-16-17-32(57-31)26-33-18-21-35(59(33)47(48)49)36-10-9-25-67-36/h9-10,12-21,25-26,28-29,40-42,46,62-63H,2-8,11,22-24,27H2,1H3,(H,50,64)(H,51,60)(H,52,61)(H,53,54,55)/b15-12+,32-26-/t40-,41+,42-,46+/m0/s1. The zero-order valence-corrected chi connectivity index (χ0v) is 37.7. The lowest BCUT2D eigenvalue weighted by molar-refractivity contribution is -0.137. The number of ether oxygens (including phenoxy) is 2. The van der Waals surface area contributed by atoms with Crippen LogP contribution in [0.1, 0.15) is 69.4 Å². The van der Waals surface area contributed by atoms with E-state index in [1.54, 1.807) is 43.3 Å². The van der Waals surface area contributed by atoms with Crippen LogP contribution in [0.5, 0.6) is 5.75 Å². The highest BCUT2D eigenvalue weighted by Gasteiger charge is 2.47. The molecular formula is C46H53BF2N10O7S. The Morgan fingerprint density at radius 1 is 0.881 bits per heavy atom. The number of halogens is 2. The third kappa shape index (κ3) is 12.9. The molecule has 0 unspecified atom stereocenters.